The van der Waals surface area contributed by atoms with Crippen LogP contribution in [0.1, 0.15) is 12.5 Å². The third kappa shape index (κ3) is 1.77. The average molecular weight is 309 g/mol. The third-order valence-electron chi connectivity index (χ3n) is 2.47. The van der Waals surface area contributed by atoms with Gasteiger partial charge in [-0.05, 0) is 34.0 Å². The molecule has 0 aliphatic carbocycles. The number of nitrogens with zero attached hydrogens (tertiary/aromatic N) is 1. The van der Waals surface area contributed by atoms with Crippen LogP contribution in [0, 0.1) is 0 Å². The van der Waals surface area contributed by atoms with Crippen LogP contribution in [0.15, 0.2) is 10.5 Å². The number of hydrogen-bond donors (Lipinski definition) is 0. The number of benzene rings is 1. The number of carbonyl (C=O) groups is 1. The van der Waals surface area contributed by atoms with Crippen LogP contribution in [0.5, 0.6) is 0 Å². The summed E-state index contributed by atoms with van der Waals surface area (Å²) in [6.07, 6.45) is 0.824. The van der Waals surface area contributed by atoms with Gasteiger partial charge in [0.15, 0.2) is 0 Å². The molecule has 0 atom stereocenters. The van der Waals surface area contributed by atoms with Gasteiger partial charge >= 0.3 is 0 Å². The van der Waals surface area contributed by atoms with E-state index in [0.717, 1.165) is 22.1 Å². The predicted octanol–water partition coefficient (Wildman–Crippen LogP) is 3.66. The number of halogens is 3. The summed E-state index contributed by atoms with van der Waals surface area (Å²) < 4.78 is 0.776. The second kappa shape index (κ2) is 3.96. The van der Waals surface area contributed by atoms with Crippen molar-refractivity contribution in [3.8, 4) is 0 Å². The lowest BCUT2D eigenvalue weighted by Crippen LogP contribution is -2.26. The molecule has 0 radical (unpaired) electrons. The lowest BCUT2D eigenvalue weighted by molar-refractivity contribution is -0.116. The Balaban J connectivity index is 2.62. The molecule has 0 saturated carbocycles. The van der Waals surface area contributed by atoms with Crippen LogP contribution in [0.4, 0.5) is 5.69 Å². The quantitative estimate of drug-likeness (QED) is 0.670. The summed E-state index contributed by atoms with van der Waals surface area (Å²) in [5.41, 5.74) is 1.82. The van der Waals surface area contributed by atoms with Crippen molar-refractivity contribution in [1.29, 1.82) is 0 Å². The van der Waals surface area contributed by atoms with E-state index in [1.807, 2.05) is 6.07 Å². The molecule has 1 aromatic rings. The summed E-state index contributed by atoms with van der Waals surface area (Å²) in [4.78, 5) is 13.0. The third-order valence-corrected chi connectivity index (χ3v) is 4.18. The van der Waals surface area contributed by atoms with Crippen molar-refractivity contribution in [2.45, 2.75) is 13.3 Å². The maximum absolute atomic E-state index is 11.4. The molecular formula is C10H8BrCl2NO. The van der Waals surface area contributed by atoms with Crippen molar-refractivity contribution in [1.82, 2.24) is 0 Å². The smallest absolute Gasteiger partial charge is 0.223 e. The normalized spacial score (nSPS) is 14.3. The maximum atomic E-state index is 11.4. The van der Waals surface area contributed by atoms with E-state index in [4.69, 9.17) is 23.2 Å². The zero-order chi connectivity index (χ0) is 11.2. The van der Waals surface area contributed by atoms with Gasteiger partial charge in [-0.2, -0.15) is 0 Å². The summed E-state index contributed by atoms with van der Waals surface area (Å²) in [6, 6.07) is 1.92. The molecule has 0 spiro atoms. The second-order valence-corrected chi connectivity index (χ2v) is 5.03. The van der Waals surface area contributed by atoms with Crippen molar-refractivity contribution < 1.29 is 4.79 Å². The molecule has 1 aliphatic heterocycles. The fourth-order valence-corrected chi connectivity index (χ4v) is 2.83. The van der Waals surface area contributed by atoms with Gasteiger partial charge < -0.3 is 4.90 Å². The van der Waals surface area contributed by atoms with Gasteiger partial charge in [-0.1, -0.05) is 23.2 Å². The first-order valence-corrected chi connectivity index (χ1v) is 6.01. The van der Waals surface area contributed by atoms with E-state index in [9.17, 15) is 4.79 Å². The van der Waals surface area contributed by atoms with Crippen molar-refractivity contribution in [2.75, 3.05) is 11.4 Å². The lowest BCUT2D eigenvalue weighted by Gasteiger charge is -2.17. The standard InChI is InChI=1S/C10H8BrCl2NO/c1-5(15)14-3-2-6-4-7(11)8(12)9(13)10(6)14/h4H,2-3H2,1H3. The van der Waals surface area contributed by atoms with Crippen molar-refractivity contribution >= 4 is 50.7 Å². The minimum Gasteiger partial charge on any atom is -0.311 e. The SMILES string of the molecule is CC(=O)N1CCc2cc(Br)c(Cl)c(Cl)c21. The molecular weight excluding hydrogens is 301 g/mol. The van der Waals surface area contributed by atoms with Crippen LogP contribution in [0.25, 0.3) is 0 Å². The van der Waals surface area contributed by atoms with Gasteiger partial charge in [-0.25, -0.2) is 0 Å². The summed E-state index contributed by atoms with van der Waals surface area (Å²) in [5.74, 6) is -0.00552. The average Bonchev–Trinajstić information content (AvgIpc) is 2.58. The summed E-state index contributed by atoms with van der Waals surface area (Å²) in [6.45, 7) is 2.21. The number of anilines is 1. The van der Waals surface area contributed by atoms with Gasteiger partial charge in [-0.3, -0.25) is 4.79 Å². The predicted molar refractivity (Wildman–Crippen MR) is 65.9 cm³/mol. The van der Waals surface area contributed by atoms with Gasteiger partial charge in [0, 0.05) is 17.9 Å². The Morgan fingerprint density at radius 2 is 2.13 bits per heavy atom. The number of rotatable bonds is 0. The van der Waals surface area contributed by atoms with E-state index in [1.54, 1.807) is 4.90 Å². The Morgan fingerprint density at radius 3 is 2.73 bits per heavy atom. The zero-order valence-corrected chi connectivity index (χ0v) is 11.1. The number of amides is 1. The van der Waals surface area contributed by atoms with Crippen LogP contribution in [-0.2, 0) is 11.2 Å². The van der Waals surface area contributed by atoms with Crippen LogP contribution < -0.4 is 4.90 Å². The molecule has 1 aromatic carbocycles. The molecule has 1 heterocycles. The van der Waals surface area contributed by atoms with Gasteiger partial charge in [0.1, 0.15) is 0 Å². The van der Waals surface area contributed by atoms with Gasteiger partial charge in [0.2, 0.25) is 5.91 Å². The summed E-state index contributed by atoms with van der Waals surface area (Å²) in [7, 11) is 0. The second-order valence-electron chi connectivity index (χ2n) is 3.41. The summed E-state index contributed by atoms with van der Waals surface area (Å²) >= 11 is 15.5. The Morgan fingerprint density at radius 1 is 1.47 bits per heavy atom. The molecule has 0 unspecified atom stereocenters. The molecule has 15 heavy (non-hydrogen) atoms. The van der Waals surface area contributed by atoms with Gasteiger partial charge in [0.25, 0.3) is 0 Å². The summed E-state index contributed by atoms with van der Waals surface area (Å²) in [5, 5.41) is 0.914. The van der Waals surface area contributed by atoms with Crippen molar-refractivity contribution in [2.24, 2.45) is 0 Å². The number of hydrogen-bond acceptors (Lipinski definition) is 1. The van der Waals surface area contributed by atoms with Crippen molar-refractivity contribution in [3.63, 3.8) is 0 Å². The zero-order valence-electron chi connectivity index (χ0n) is 7.98. The molecule has 2 nitrogen and oxygen atoms in total. The van der Waals surface area contributed by atoms with Gasteiger partial charge in [0.05, 0.1) is 15.7 Å². The minimum absolute atomic E-state index is 0.00552. The molecule has 0 aromatic heterocycles. The molecule has 2 rings (SSSR count). The van der Waals surface area contributed by atoms with E-state index in [2.05, 4.69) is 15.9 Å². The highest BCUT2D eigenvalue weighted by atomic mass is 79.9. The van der Waals surface area contributed by atoms with E-state index in [1.165, 1.54) is 6.92 Å². The Bertz CT molecular complexity index is 448. The highest BCUT2D eigenvalue weighted by Gasteiger charge is 2.27. The number of carbonyl (C=O) groups excluding carboxylic acids is 1. The molecule has 1 amide bonds. The van der Waals surface area contributed by atoms with Crippen LogP contribution in [-0.4, -0.2) is 12.5 Å². The van der Waals surface area contributed by atoms with Crippen LogP contribution in [0.3, 0.4) is 0 Å². The first-order valence-electron chi connectivity index (χ1n) is 4.47. The van der Waals surface area contributed by atoms with Crippen molar-refractivity contribution in [3.05, 3.63) is 26.1 Å². The Labute approximate surface area is 106 Å². The molecule has 80 valence electrons. The van der Waals surface area contributed by atoms with Gasteiger partial charge in [-0.15, -0.1) is 0 Å². The number of fused-ring (bicyclic) bond motifs is 1. The topological polar surface area (TPSA) is 20.3 Å². The molecule has 0 fully saturated rings. The first kappa shape index (κ1) is 11.2. The molecule has 0 bridgehead atoms. The maximum Gasteiger partial charge on any atom is 0.223 e. The fraction of sp³-hybridized carbons (Fsp3) is 0.300. The van der Waals surface area contributed by atoms with Crippen LogP contribution in [0.2, 0.25) is 10.0 Å². The molecule has 5 heteroatoms. The molecule has 0 N–H and O–H groups in total. The van der Waals surface area contributed by atoms with E-state index in [0.29, 0.717) is 16.6 Å². The van der Waals surface area contributed by atoms with E-state index < -0.39 is 0 Å². The molecule has 1 aliphatic rings. The lowest BCUT2D eigenvalue weighted by atomic mass is 10.2. The first-order chi connectivity index (χ1) is 7.02. The largest absolute Gasteiger partial charge is 0.311 e. The Hall–Kier alpha value is -0.250. The minimum atomic E-state index is -0.00552. The fourth-order valence-electron chi connectivity index (χ4n) is 1.78. The van der Waals surface area contributed by atoms with E-state index in [-0.39, 0.29) is 5.91 Å². The highest BCUT2D eigenvalue weighted by Crippen LogP contribution is 2.43. The monoisotopic (exact) mass is 307 g/mol. The molecule has 0 saturated heterocycles. The van der Waals surface area contributed by atoms with Crippen LogP contribution >= 0.6 is 39.1 Å². The highest BCUT2D eigenvalue weighted by molar-refractivity contribution is 9.10. The van der Waals surface area contributed by atoms with E-state index >= 15 is 0 Å². The Kier molecular flexibility index (Phi) is 2.97.